The van der Waals surface area contributed by atoms with Gasteiger partial charge in [0.15, 0.2) is 0 Å². The molecular weight excluding hydrogens is 383 g/mol. The van der Waals surface area contributed by atoms with E-state index in [0.29, 0.717) is 0 Å². The van der Waals surface area contributed by atoms with Crippen LogP contribution in [0.1, 0.15) is 60.8 Å². The van der Waals surface area contributed by atoms with Gasteiger partial charge in [0.05, 0.1) is 19.3 Å². The van der Waals surface area contributed by atoms with Crippen molar-refractivity contribution in [3.05, 3.63) is 0 Å². The Morgan fingerprint density at radius 1 is 0.435 bits per heavy atom. The van der Waals surface area contributed by atoms with Gasteiger partial charge in [-0.2, -0.15) is 0 Å². The summed E-state index contributed by atoms with van der Waals surface area (Å²) in [5, 5.41) is 0. The molecule has 0 spiro atoms. The summed E-state index contributed by atoms with van der Waals surface area (Å²) in [6.07, 6.45) is 0.250. The van der Waals surface area contributed by atoms with E-state index in [2.05, 4.69) is 0 Å². The Morgan fingerprint density at radius 3 is 0.522 bits per heavy atom. The van der Waals surface area contributed by atoms with Crippen LogP contribution in [0, 0.1) is 0 Å². The summed E-state index contributed by atoms with van der Waals surface area (Å²) < 4.78 is 0. The quantitative estimate of drug-likeness (QED) is 0.597. The Balaban J connectivity index is -0.0000000675. The first kappa shape index (κ1) is 33.5. The van der Waals surface area contributed by atoms with Gasteiger partial charge in [0.25, 0.3) is 0 Å². The normalized spacial score (nSPS) is 7.57. The van der Waals surface area contributed by atoms with Gasteiger partial charge < -0.3 is 5.48 Å². The van der Waals surface area contributed by atoms with E-state index in [1.54, 1.807) is 0 Å². The van der Waals surface area contributed by atoms with E-state index in [4.69, 9.17) is 0 Å². The number of ketones is 6. The minimum absolute atomic E-state index is 0. The SMILES string of the molecule is CC(=O)CC(C)=O.CC(=O)CC(C)=O.CC(=O)CC(C)=O.O.[Zr]. The van der Waals surface area contributed by atoms with Gasteiger partial charge in [0, 0.05) is 26.2 Å². The third kappa shape index (κ3) is 62.9. The maximum absolute atomic E-state index is 10.0. The molecule has 0 saturated heterocycles. The van der Waals surface area contributed by atoms with Gasteiger partial charge in [0.2, 0.25) is 0 Å². The smallest absolute Gasteiger partial charge is 0.137 e. The van der Waals surface area contributed by atoms with Crippen molar-refractivity contribution in [3.63, 3.8) is 0 Å². The number of hydrogen-bond acceptors (Lipinski definition) is 6. The molecule has 0 unspecified atom stereocenters. The van der Waals surface area contributed by atoms with Gasteiger partial charge in [-0.3, -0.25) is 28.8 Å². The van der Waals surface area contributed by atoms with E-state index >= 15 is 0 Å². The van der Waals surface area contributed by atoms with Crippen molar-refractivity contribution in [2.75, 3.05) is 0 Å². The molecule has 0 radical (unpaired) electrons. The molecule has 0 amide bonds. The van der Waals surface area contributed by atoms with Crippen LogP contribution in [-0.4, -0.2) is 40.2 Å². The van der Waals surface area contributed by atoms with Gasteiger partial charge in [-0.1, -0.05) is 0 Å². The molecule has 0 aromatic rings. The average molecular weight is 410 g/mol. The first-order chi connectivity index (χ1) is 9.38. The summed E-state index contributed by atoms with van der Waals surface area (Å²) in [5.41, 5.74) is 0. The summed E-state index contributed by atoms with van der Waals surface area (Å²) in [7, 11) is 0. The van der Waals surface area contributed by atoms with Crippen LogP contribution in [-0.2, 0) is 55.0 Å². The van der Waals surface area contributed by atoms with Crippen molar-refractivity contribution in [1.29, 1.82) is 0 Å². The van der Waals surface area contributed by atoms with Crippen molar-refractivity contribution in [3.8, 4) is 0 Å². The second-order valence-electron chi connectivity index (χ2n) is 4.74. The minimum Gasteiger partial charge on any atom is -0.412 e. The molecular formula is C15H26O7Zr. The standard InChI is InChI=1S/3C5H8O2.H2O.Zr/c3*1-4(6)3-5(2)7;;/h3*3H2,1-2H3;1H2;. The van der Waals surface area contributed by atoms with Gasteiger partial charge >= 0.3 is 0 Å². The average Bonchev–Trinajstić information content (AvgIpc) is 2.10. The Hall–Kier alpha value is -1.14. The molecule has 0 atom stereocenters. The van der Waals surface area contributed by atoms with Crippen LogP contribution < -0.4 is 0 Å². The number of rotatable bonds is 6. The molecule has 0 rings (SSSR count). The van der Waals surface area contributed by atoms with Gasteiger partial charge in [-0.25, -0.2) is 0 Å². The predicted octanol–water partition coefficient (Wildman–Crippen LogP) is 0.836. The molecule has 7 nitrogen and oxygen atoms in total. The fraction of sp³-hybridized carbons (Fsp3) is 0.600. The molecule has 2 N–H and O–H groups in total. The van der Waals surface area contributed by atoms with Crippen LogP contribution in [0.3, 0.4) is 0 Å². The molecule has 0 aliphatic rings. The minimum atomic E-state index is -0.0625. The van der Waals surface area contributed by atoms with E-state index in [-0.39, 0.29) is 85.6 Å². The van der Waals surface area contributed by atoms with Crippen LogP contribution in [0.2, 0.25) is 0 Å². The Bertz CT molecular complexity index is 316. The Labute approximate surface area is 156 Å². The van der Waals surface area contributed by atoms with Crippen molar-refractivity contribution in [2.24, 2.45) is 0 Å². The molecule has 0 aromatic heterocycles. The summed E-state index contributed by atoms with van der Waals surface area (Å²) in [6, 6.07) is 0. The monoisotopic (exact) mass is 408 g/mol. The number of carbonyl (C=O) groups excluding carboxylic acids is 6. The molecule has 0 saturated carbocycles. The van der Waals surface area contributed by atoms with Gasteiger partial charge in [0.1, 0.15) is 34.7 Å². The molecule has 0 aliphatic carbocycles. The first-order valence-electron chi connectivity index (χ1n) is 6.35. The van der Waals surface area contributed by atoms with E-state index in [1.807, 2.05) is 0 Å². The van der Waals surface area contributed by atoms with Crippen molar-refractivity contribution >= 4 is 34.7 Å². The first-order valence-corrected chi connectivity index (χ1v) is 6.35. The Morgan fingerprint density at radius 2 is 0.522 bits per heavy atom. The van der Waals surface area contributed by atoms with Crippen LogP contribution in [0.15, 0.2) is 0 Å². The van der Waals surface area contributed by atoms with Gasteiger partial charge in [-0.15, -0.1) is 0 Å². The van der Waals surface area contributed by atoms with Crippen LogP contribution >= 0.6 is 0 Å². The van der Waals surface area contributed by atoms with E-state index in [9.17, 15) is 28.8 Å². The van der Waals surface area contributed by atoms with E-state index in [0.717, 1.165) is 0 Å². The summed E-state index contributed by atoms with van der Waals surface area (Å²) in [5.74, 6) is -0.375. The van der Waals surface area contributed by atoms with Crippen LogP contribution in [0.4, 0.5) is 0 Å². The third-order valence-corrected chi connectivity index (χ3v) is 1.49. The second-order valence-corrected chi connectivity index (χ2v) is 4.74. The third-order valence-electron chi connectivity index (χ3n) is 1.49. The van der Waals surface area contributed by atoms with Gasteiger partial charge in [-0.05, 0) is 41.5 Å². The maximum atomic E-state index is 10.0. The molecule has 8 heteroatoms. The topological polar surface area (TPSA) is 134 Å². The molecule has 23 heavy (non-hydrogen) atoms. The Kier molecular flexibility index (Phi) is 30.4. The number of Topliss-reactive ketones (excluding diaryl/α,β-unsaturated/α-hetero) is 6. The summed E-state index contributed by atoms with van der Waals surface area (Å²) in [4.78, 5) is 60.2. The second kappa shape index (κ2) is 20.9. The van der Waals surface area contributed by atoms with Crippen molar-refractivity contribution in [1.82, 2.24) is 0 Å². The summed E-state index contributed by atoms with van der Waals surface area (Å²) in [6.45, 7) is 8.42. The van der Waals surface area contributed by atoms with E-state index < -0.39 is 0 Å². The zero-order valence-corrected chi connectivity index (χ0v) is 17.0. The maximum Gasteiger partial charge on any atom is 0.137 e. The fourth-order valence-electron chi connectivity index (χ4n) is 1.05. The fourth-order valence-corrected chi connectivity index (χ4v) is 1.05. The predicted molar refractivity (Wildman–Crippen MR) is 81.6 cm³/mol. The van der Waals surface area contributed by atoms with Crippen LogP contribution in [0.25, 0.3) is 0 Å². The number of carbonyl (C=O) groups is 6. The van der Waals surface area contributed by atoms with E-state index in [1.165, 1.54) is 41.5 Å². The molecule has 0 heterocycles. The van der Waals surface area contributed by atoms with Crippen molar-refractivity contribution < 1.29 is 60.4 Å². The summed E-state index contributed by atoms with van der Waals surface area (Å²) >= 11 is 0. The molecule has 0 aromatic carbocycles. The largest absolute Gasteiger partial charge is 0.412 e. The van der Waals surface area contributed by atoms with Crippen molar-refractivity contribution in [2.45, 2.75) is 60.8 Å². The molecule has 132 valence electrons. The molecule has 0 aliphatic heterocycles. The molecule has 0 fully saturated rings. The molecule has 0 bridgehead atoms. The number of hydrogen-bond donors (Lipinski definition) is 0. The van der Waals surface area contributed by atoms with Crippen LogP contribution in [0.5, 0.6) is 0 Å². The zero-order valence-electron chi connectivity index (χ0n) is 14.6. The zero-order chi connectivity index (χ0) is 17.6.